The van der Waals surface area contributed by atoms with Gasteiger partial charge >= 0.3 is 24.7 Å². The molecule has 0 aliphatic heterocycles. The predicted molar refractivity (Wildman–Crippen MR) is 304 cm³/mol. The quantitative estimate of drug-likeness (QED) is 0.0894. The number of rotatable bonds is 12. The van der Waals surface area contributed by atoms with Gasteiger partial charge in [0.2, 0.25) is 0 Å². The van der Waals surface area contributed by atoms with E-state index in [1.807, 2.05) is 0 Å². The third-order valence-corrected chi connectivity index (χ3v) is 23.2. The monoisotopic (exact) mass is 1210 g/mol. The molecule has 0 saturated heterocycles. The van der Waals surface area contributed by atoms with Crippen molar-refractivity contribution in [3.8, 4) is 34.2 Å². The summed E-state index contributed by atoms with van der Waals surface area (Å²) in [5, 5.41) is 0.516. The summed E-state index contributed by atoms with van der Waals surface area (Å²) < 4.78 is 214. The van der Waals surface area contributed by atoms with E-state index in [4.69, 9.17) is 15.0 Å². The van der Waals surface area contributed by atoms with E-state index in [2.05, 4.69) is 0 Å². The van der Waals surface area contributed by atoms with Crippen molar-refractivity contribution in [3.05, 3.63) is 252 Å². The van der Waals surface area contributed by atoms with Crippen LogP contribution in [0.15, 0.2) is 218 Å². The maximum Gasteiger partial charge on any atom is 0.416 e. The van der Waals surface area contributed by atoms with Crippen LogP contribution in [0.4, 0.5) is 52.7 Å². The van der Waals surface area contributed by atoms with Crippen molar-refractivity contribution in [1.29, 1.82) is 0 Å². The van der Waals surface area contributed by atoms with Crippen LogP contribution in [-0.2, 0) is 38.4 Å². The van der Waals surface area contributed by atoms with Crippen molar-refractivity contribution in [2.45, 2.75) is 38.6 Å². The summed E-state index contributed by atoms with van der Waals surface area (Å²) in [6, 6.07) is 45.7. The third-order valence-electron chi connectivity index (χ3n) is 14.1. The zero-order valence-electron chi connectivity index (χ0n) is 43.7. The number of aryl methyl sites for hydroxylation is 2. The molecule has 84 heavy (non-hydrogen) atoms. The summed E-state index contributed by atoms with van der Waals surface area (Å²) in [4.78, 5) is 14.6. The first-order chi connectivity index (χ1) is 39.6. The van der Waals surface area contributed by atoms with Crippen molar-refractivity contribution in [2.75, 3.05) is 0 Å². The molecule has 1 aromatic heterocycles. The van der Waals surface area contributed by atoms with Crippen molar-refractivity contribution in [1.82, 2.24) is 15.0 Å². The number of hydrogen-bond donors (Lipinski definition) is 0. The molecule has 0 aliphatic rings. The van der Waals surface area contributed by atoms with E-state index in [1.165, 1.54) is 60.7 Å². The second-order valence-electron chi connectivity index (χ2n) is 19.6. The Labute approximate surface area is 473 Å². The molecule has 0 amide bonds. The molecule has 21 heteroatoms. The van der Waals surface area contributed by atoms with Gasteiger partial charge in [-0.1, -0.05) is 163 Å². The fourth-order valence-corrected chi connectivity index (χ4v) is 17.5. The molecule has 0 N–H and O–H groups in total. The first-order valence-electron chi connectivity index (χ1n) is 25.3. The maximum absolute atomic E-state index is 15.8. The zero-order valence-corrected chi connectivity index (χ0v) is 46.4. The Balaban J connectivity index is 1.19. The van der Waals surface area contributed by atoms with Gasteiger partial charge in [-0.05, 0) is 80.6 Å². The lowest BCUT2D eigenvalue weighted by Gasteiger charge is -2.22. The highest BCUT2D eigenvalue weighted by Crippen LogP contribution is 2.48. The molecular formula is C63H42F12N3O3P3. The van der Waals surface area contributed by atoms with Gasteiger partial charge in [0.15, 0.2) is 38.9 Å². The van der Waals surface area contributed by atoms with Gasteiger partial charge in [-0.25, -0.2) is 15.0 Å². The smallest absolute Gasteiger partial charge is 0.309 e. The molecule has 0 spiro atoms. The number of halogens is 12. The first kappa shape index (κ1) is 59.0. The highest BCUT2D eigenvalue weighted by molar-refractivity contribution is 7.86. The minimum Gasteiger partial charge on any atom is -0.309 e. The number of benzene rings is 9. The first-order valence-corrected chi connectivity index (χ1v) is 30.4. The molecule has 0 fully saturated rings. The lowest BCUT2D eigenvalue weighted by atomic mass is 10.1. The highest BCUT2D eigenvalue weighted by Gasteiger charge is 2.39. The van der Waals surface area contributed by atoms with Gasteiger partial charge < -0.3 is 13.7 Å². The largest absolute Gasteiger partial charge is 0.416 e. The van der Waals surface area contributed by atoms with E-state index in [9.17, 15) is 52.7 Å². The van der Waals surface area contributed by atoms with E-state index in [0.717, 1.165) is 83.9 Å². The Bertz CT molecular complexity index is 3980. The summed E-state index contributed by atoms with van der Waals surface area (Å²) in [5.74, 6) is -0.393. The van der Waals surface area contributed by atoms with E-state index < -0.39 is 68.4 Å². The van der Waals surface area contributed by atoms with E-state index in [1.54, 1.807) is 74.5 Å². The summed E-state index contributed by atoms with van der Waals surface area (Å²) >= 11 is 0. The Hall–Kier alpha value is -8.16. The van der Waals surface area contributed by atoms with Crippen LogP contribution < -0.4 is 47.7 Å². The Morgan fingerprint density at radius 1 is 0.262 bits per heavy atom. The number of alkyl halides is 12. The average Bonchev–Trinajstić information content (AvgIpc) is 2.12. The molecule has 0 radical (unpaired) electrons. The van der Waals surface area contributed by atoms with Crippen molar-refractivity contribution in [2.24, 2.45) is 0 Å². The summed E-state index contributed by atoms with van der Waals surface area (Å²) in [6.45, 7) is 3.60. The molecule has 10 aromatic rings. The average molecular weight is 1210 g/mol. The van der Waals surface area contributed by atoms with Crippen molar-refractivity contribution < 1.29 is 66.4 Å². The minimum absolute atomic E-state index is 0.0544. The van der Waals surface area contributed by atoms with Crippen LogP contribution in [0.3, 0.4) is 0 Å². The van der Waals surface area contributed by atoms with Crippen LogP contribution in [0.5, 0.6) is 0 Å². The van der Waals surface area contributed by atoms with Crippen LogP contribution in [0, 0.1) is 13.8 Å². The van der Waals surface area contributed by atoms with Crippen LogP contribution in [-0.4, -0.2) is 15.0 Å². The second-order valence-corrected chi connectivity index (χ2v) is 27.9. The van der Waals surface area contributed by atoms with Crippen LogP contribution in [0.2, 0.25) is 0 Å². The Kier molecular flexibility index (Phi) is 15.5. The second kappa shape index (κ2) is 22.1. The summed E-state index contributed by atoms with van der Waals surface area (Å²) in [5.41, 5.74) is -2.06. The fourth-order valence-electron chi connectivity index (χ4n) is 9.58. The molecule has 10 rings (SSSR count). The third kappa shape index (κ3) is 11.6. The standard InChI is InChI=1S/C63H42F12N3O3P3/c1-39-12-24-48(25-13-39)82(79,50-28-16-44(17-29-50)60(64,65)66)54-9-3-6-41(36-54)57-76-58(42-7-4-10-55(37-42)83(80,49-26-14-40(2)15-27-49)51-30-18-45(19-31-51)61(67,68)69)78-59(77-57)43-8-5-11-56(38-43)84(81,52-32-20-46(21-33-52)62(70,71)72)53-34-22-47(23-35-53)63(73,74)75/h3-38H,1-2H3. The van der Waals surface area contributed by atoms with Gasteiger partial charge in [0.25, 0.3) is 0 Å². The molecule has 9 aromatic carbocycles. The molecule has 2 unspecified atom stereocenters. The van der Waals surface area contributed by atoms with Crippen molar-refractivity contribution >= 4 is 69.2 Å². The molecular weight excluding hydrogens is 1170 g/mol. The molecule has 2 atom stereocenters. The molecule has 6 nitrogen and oxygen atoms in total. The topological polar surface area (TPSA) is 89.9 Å². The molecule has 426 valence electrons. The van der Waals surface area contributed by atoms with Gasteiger partial charge in [0.05, 0.1) is 22.3 Å². The molecule has 0 bridgehead atoms. The van der Waals surface area contributed by atoms with Crippen molar-refractivity contribution in [3.63, 3.8) is 0 Å². The van der Waals surface area contributed by atoms with E-state index >= 15 is 13.7 Å². The van der Waals surface area contributed by atoms with Gasteiger partial charge in [0.1, 0.15) is 0 Å². The van der Waals surface area contributed by atoms with E-state index in [-0.39, 0.29) is 81.9 Å². The Morgan fingerprint density at radius 3 is 0.643 bits per heavy atom. The molecule has 1 heterocycles. The lowest BCUT2D eigenvalue weighted by Crippen LogP contribution is -2.26. The summed E-state index contributed by atoms with van der Waals surface area (Å²) in [6.07, 6.45) is -19.0. The Morgan fingerprint density at radius 2 is 0.452 bits per heavy atom. The maximum atomic E-state index is 15.8. The zero-order chi connectivity index (χ0) is 60.2. The summed E-state index contributed by atoms with van der Waals surface area (Å²) in [7, 11) is -12.5. The van der Waals surface area contributed by atoms with Crippen LogP contribution >= 0.6 is 21.4 Å². The van der Waals surface area contributed by atoms with Crippen LogP contribution in [0.25, 0.3) is 34.2 Å². The van der Waals surface area contributed by atoms with Gasteiger partial charge in [-0.3, -0.25) is 0 Å². The predicted octanol–water partition coefficient (Wildman–Crippen LogP) is 14.5. The SMILES string of the molecule is Cc1ccc(P(=O)(c2ccc(C(F)(F)F)cc2)c2cccc(-c3nc(-c4cccc(P(=O)(c5ccc(C)cc5)c5ccc(C(F)(F)F)cc5)c4)nc(-c4cccc(P(=O)(c5ccc(C(F)(F)F)cc5)c5ccc(C(F)(F)F)cc5)c4)n3)c2)cc1. The van der Waals surface area contributed by atoms with Crippen LogP contribution in [0.1, 0.15) is 33.4 Å². The molecule has 0 aliphatic carbocycles. The number of aromatic nitrogens is 3. The minimum atomic E-state index is -4.80. The number of nitrogens with zero attached hydrogens (tertiary/aromatic N) is 3. The molecule has 0 saturated carbocycles. The van der Waals surface area contributed by atoms with Gasteiger partial charge in [-0.15, -0.1) is 0 Å². The van der Waals surface area contributed by atoms with Gasteiger partial charge in [-0.2, -0.15) is 52.7 Å². The van der Waals surface area contributed by atoms with E-state index in [0.29, 0.717) is 24.3 Å². The normalized spacial score (nSPS) is 13.9. The fraction of sp³-hybridized carbons (Fsp3) is 0.0952. The van der Waals surface area contributed by atoms with Gasteiger partial charge in [0, 0.05) is 64.4 Å². The highest BCUT2D eigenvalue weighted by atomic mass is 31.2. The lowest BCUT2D eigenvalue weighted by molar-refractivity contribution is -0.138. The number of hydrogen-bond acceptors (Lipinski definition) is 6.